The van der Waals surface area contributed by atoms with Gasteiger partial charge in [-0.05, 0) is 35.5 Å². The van der Waals surface area contributed by atoms with Gasteiger partial charge in [0.2, 0.25) is 0 Å². The fraction of sp³-hybridized carbons (Fsp3) is 0.0952. The second-order valence-electron chi connectivity index (χ2n) is 6.15. The molecule has 140 valence electrons. The molecule has 0 radical (unpaired) electrons. The zero-order chi connectivity index (χ0) is 19.5. The molecule has 3 amide bonds. The van der Waals surface area contributed by atoms with E-state index in [0.717, 1.165) is 27.6 Å². The molecule has 28 heavy (non-hydrogen) atoms. The van der Waals surface area contributed by atoms with Crippen LogP contribution in [-0.2, 0) is 4.79 Å². The van der Waals surface area contributed by atoms with Crippen molar-refractivity contribution >= 4 is 45.9 Å². The monoisotopic (exact) mass is 392 g/mol. The normalized spacial score (nSPS) is 15.6. The van der Waals surface area contributed by atoms with Gasteiger partial charge in [0.1, 0.15) is 5.58 Å². The number of imide groups is 1. The van der Waals surface area contributed by atoms with Crippen LogP contribution < -0.4 is 5.32 Å². The highest BCUT2D eigenvalue weighted by molar-refractivity contribution is 8.18. The number of carbonyl (C=O) groups is 3. The predicted molar refractivity (Wildman–Crippen MR) is 108 cm³/mol. The number of nitrogens with one attached hydrogen (secondary N) is 1. The van der Waals surface area contributed by atoms with Crippen LogP contribution in [0.3, 0.4) is 0 Å². The fourth-order valence-corrected chi connectivity index (χ4v) is 3.72. The van der Waals surface area contributed by atoms with Gasteiger partial charge in [0.25, 0.3) is 17.1 Å². The molecule has 1 aliphatic heterocycles. The van der Waals surface area contributed by atoms with E-state index in [1.54, 1.807) is 18.2 Å². The van der Waals surface area contributed by atoms with Gasteiger partial charge < -0.3 is 9.73 Å². The molecule has 0 spiro atoms. The van der Waals surface area contributed by atoms with Gasteiger partial charge in [-0.25, -0.2) is 0 Å². The second-order valence-corrected chi connectivity index (χ2v) is 7.14. The number of hydrogen-bond donors (Lipinski definition) is 1. The standard InChI is InChI=1S/C21H16N2O4S/c24-19(17-13-15-8-4-5-9-16(15)27-17)22-10-11-23-20(25)18(28-21(23)26)12-14-6-2-1-3-7-14/h1-9,12-13H,10-11H2,(H,22,24). The Kier molecular flexibility index (Phi) is 4.99. The molecular weight excluding hydrogens is 376 g/mol. The molecule has 0 atom stereocenters. The molecule has 1 fully saturated rings. The zero-order valence-electron chi connectivity index (χ0n) is 14.8. The van der Waals surface area contributed by atoms with E-state index in [1.165, 1.54) is 0 Å². The summed E-state index contributed by atoms with van der Waals surface area (Å²) < 4.78 is 5.51. The fourth-order valence-electron chi connectivity index (χ4n) is 2.86. The van der Waals surface area contributed by atoms with Crippen LogP contribution in [0.15, 0.2) is 70.0 Å². The molecule has 6 nitrogen and oxygen atoms in total. The van der Waals surface area contributed by atoms with Crippen molar-refractivity contribution in [3.8, 4) is 0 Å². The van der Waals surface area contributed by atoms with Crippen molar-refractivity contribution in [2.75, 3.05) is 13.1 Å². The average molecular weight is 392 g/mol. The lowest BCUT2D eigenvalue weighted by Gasteiger charge is -2.12. The number of thioether (sulfide) groups is 1. The van der Waals surface area contributed by atoms with Crippen molar-refractivity contribution in [2.45, 2.75) is 0 Å². The Balaban J connectivity index is 1.37. The van der Waals surface area contributed by atoms with Gasteiger partial charge in [-0.2, -0.15) is 0 Å². The van der Waals surface area contributed by atoms with Crippen LogP contribution >= 0.6 is 11.8 Å². The Hall–Kier alpha value is -3.32. The summed E-state index contributed by atoms with van der Waals surface area (Å²) in [6, 6.07) is 18.3. The Morgan fingerprint density at radius 2 is 1.82 bits per heavy atom. The van der Waals surface area contributed by atoms with Crippen molar-refractivity contribution in [3.63, 3.8) is 0 Å². The second kappa shape index (κ2) is 7.74. The van der Waals surface area contributed by atoms with Crippen LogP contribution in [0.1, 0.15) is 16.1 Å². The van der Waals surface area contributed by atoms with E-state index < -0.39 is 0 Å². The topological polar surface area (TPSA) is 79.6 Å². The maximum Gasteiger partial charge on any atom is 0.293 e. The number of rotatable bonds is 5. The molecule has 2 aromatic carbocycles. The number of fused-ring (bicyclic) bond motifs is 1. The quantitative estimate of drug-likeness (QED) is 0.666. The summed E-state index contributed by atoms with van der Waals surface area (Å²) in [5.41, 5.74) is 1.48. The van der Waals surface area contributed by atoms with Crippen LogP contribution in [0.25, 0.3) is 17.0 Å². The third-order valence-corrected chi connectivity index (χ3v) is 5.15. The van der Waals surface area contributed by atoms with E-state index in [9.17, 15) is 14.4 Å². The molecule has 0 aliphatic carbocycles. The van der Waals surface area contributed by atoms with E-state index in [-0.39, 0.29) is 35.9 Å². The summed E-state index contributed by atoms with van der Waals surface area (Å²) in [6.07, 6.45) is 1.69. The van der Waals surface area contributed by atoms with Crippen LogP contribution in [0.5, 0.6) is 0 Å². The van der Waals surface area contributed by atoms with E-state index in [2.05, 4.69) is 5.32 Å². The Labute approximate surface area is 165 Å². The maximum atomic E-state index is 12.5. The number of para-hydroxylation sites is 1. The minimum Gasteiger partial charge on any atom is -0.451 e. The van der Waals surface area contributed by atoms with E-state index in [0.29, 0.717) is 10.5 Å². The van der Waals surface area contributed by atoms with Crippen LogP contribution in [0, 0.1) is 0 Å². The number of carbonyl (C=O) groups excluding carboxylic acids is 3. The number of nitrogens with zero attached hydrogens (tertiary/aromatic N) is 1. The summed E-state index contributed by atoms with van der Waals surface area (Å²) in [5.74, 6) is -0.542. The lowest BCUT2D eigenvalue weighted by atomic mass is 10.2. The van der Waals surface area contributed by atoms with Gasteiger partial charge in [0.05, 0.1) is 4.91 Å². The molecule has 1 saturated heterocycles. The molecule has 2 heterocycles. The highest BCUT2D eigenvalue weighted by Crippen LogP contribution is 2.31. The first-order chi connectivity index (χ1) is 13.6. The lowest BCUT2D eigenvalue weighted by Crippen LogP contribution is -2.37. The van der Waals surface area contributed by atoms with E-state index >= 15 is 0 Å². The maximum absolute atomic E-state index is 12.5. The van der Waals surface area contributed by atoms with Gasteiger partial charge in [-0.15, -0.1) is 0 Å². The van der Waals surface area contributed by atoms with Gasteiger partial charge in [0, 0.05) is 18.5 Å². The van der Waals surface area contributed by atoms with Crippen molar-refractivity contribution in [3.05, 3.63) is 76.9 Å². The zero-order valence-corrected chi connectivity index (χ0v) is 15.6. The molecule has 7 heteroatoms. The molecule has 0 saturated carbocycles. The first-order valence-corrected chi connectivity index (χ1v) is 9.51. The van der Waals surface area contributed by atoms with Gasteiger partial charge in [0.15, 0.2) is 5.76 Å². The van der Waals surface area contributed by atoms with Crippen LogP contribution in [0.4, 0.5) is 4.79 Å². The van der Waals surface area contributed by atoms with Crippen LogP contribution in [0.2, 0.25) is 0 Å². The molecule has 1 aromatic heterocycles. The number of furan rings is 1. The average Bonchev–Trinajstić information content (AvgIpc) is 3.25. The molecule has 4 rings (SSSR count). The van der Waals surface area contributed by atoms with Gasteiger partial charge >= 0.3 is 0 Å². The third-order valence-electron chi connectivity index (χ3n) is 4.24. The summed E-state index contributed by atoms with van der Waals surface area (Å²) >= 11 is 0.902. The van der Waals surface area contributed by atoms with E-state index in [1.807, 2.05) is 48.5 Å². The van der Waals surface area contributed by atoms with Gasteiger partial charge in [-0.3, -0.25) is 19.3 Å². The number of hydrogen-bond acceptors (Lipinski definition) is 5. The molecule has 0 bridgehead atoms. The smallest absolute Gasteiger partial charge is 0.293 e. The minimum atomic E-state index is -0.386. The van der Waals surface area contributed by atoms with Crippen molar-refractivity contribution in [1.82, 2.24) is 10.2 Å². The Bertz CT molecular complexity index is 1050. The SMILES string of the molecule is O=C(NCCN1C(=O)SC(=Cc2ccccc2)C1=O)c1cc2ccccc2o1. The number of amides is 3. The van der Waals surface area contributed by atoms with Crippen LogP contribution in [-0.4, -0.2) is 35.0 Å². The van der Waals surface area contributed by atoms with Gasteiger partial charge in [-0.1, -0.05) is 48.5 Å². The molecular formula is C21H16N2O4S. The van der Waals surface area contributed by atoms with Crippen molar-refractivity contribution < 1.29 is 18.8 Å². The third kappa shape index (κ3) is 3.70. The summed E-state index contributed by atoms with van der Waals surface area (Å²) in [6.45, 7) is 0.245. The highest BCUT2D eigenvalue weighted by atomic mass is 32.2. The molecule has 0 unspecified atom stereocenters. The van der Waals surface area contributed by atoms with Crippen molar-refractivity contribution in [2.24, 2.45) is 0 Å². The largest absolute Gasteiger partial charge is 0.451 e. The predicted octanol–water partition coefficient (Wildman–Crippen LogP) is 3.90. The first-order valence-electron chi connectivity index (χ1n) is 8.69. The number of benzene rings is 2. The molecule has 1 aliphatic rings. The lowest BCUT2D eigenvalue weighted by molar-refractivity contribution is -0.122. The minimum absolute atomic E-state index is 0.1000. The Morgan fingerprint density at radius 1 is 1.07 bits per heavy atom. The Morgan fingerprint density at radius 3 is 2.61 bits per heavy atom. The summed E-state index contributed by atoms with van der Waals surface area (Å²) in [7, 11) is 0. The van der Waals surface area contributed by atoms with Crippen molar-refractivity contribution in [1.29, 1.82) is 0 Å². The molecule has 1 N–H and O–H groups in total. The summed E-state index contributed by atoms with van der Waals surface area (Å²) in [5, 5.41) is 3.18. The highest BCUT2D eigenvalue weighted by Gasteiger charge is 2.34. The van der Waals surface area contributed by atoms with E-state index in [4.69, 9.17) is 4.42 Å². The summed E-state index contributed by atoms with van der Waals surface area (Å²) in [4.78, 5) is 38.4. The molecule has 3 aromatic rings. The first kappa shape index (κ1) is 18.1.